The molecule has 0 aliphatic carbocycles. The van der Waals surface area contributed by atoms with Crippen molar-refractivity contribution in [2.24, 2.45) is 10.9 Å². The van der Waals surface area contributed by atoms with Crippen LogP contribution in [-0.2, 0) is 11.3 Å². The Balaban J connectivity index is 0.00000529. The molecule has 1 aromatic heterocycles. The molecule has 0 aliphatic rings. The van der Waals surface area contributed by atoms with Crippen LogP contribution in [0.1, 0.15) is 57.3 Å². The number of aromatic nitrogens is 1. The molecule has 7 heteroatoms. The topological polar surface area (TPSA) is 49.8 Å². The van der Waals surface area contributed by atoms with Gasteiger partial charge in [-0.25, -0.2) is 4.98 Å². The van der Waals surface area contributed by atoms with Gasteiger partial charge in [0.05, 0.1) is 12.2 Å². The lowest BCUT2D eigenvalue weighted by atomic mass is 10.1. The average molecular weight is 468 g/mol. The van der Waals surface area contributed by atoms with Gasteiger partial charge in [-0.1, -0.05) is 13.8 Å². The Labute approximate surface area is 168 Å². The summed E-state index contributed by atoms with van der Waals surface area (Å²) in [5.74, 6) is 1.69. The van der Waals surface area contributed by atoms with E-state index in [4.69, 9.17) is 9.73 Å². The summed E-state index contributed by atoms with van der Waals surface area (Å²) in [6, 6.07) is 0. The Hall–Kier alpha value is -0.410. The van der Waals surface area contributed by atoms with Gasteiger partial charge in [0.1, 0.15) is 11.1 Å². The highest BCUT2D eigenvalue weighted by atomic mass is 127. The van der Waals surface area contributed by atoms with Crippen molar-refractivity contribution in [3.8, 4) is 0 Å². The van der Waals surface area contributed by atoms with Gasteiger partial charge in [-0.3, -0.25) is 4.99 Å². The number of hydrogen-bond donors (Lipinski definition) is 1. The number of thiazole rings is 1. The van der Waals surface area contributed by atoms with E-state index in [0.717, 1.165) is 48.6 Å². The Bertz CT molecular complexity index is 479. The molecule has 5 nitrogen and oxygen atoms in total. The Morgan fingerprint density at radius 2 is 2.12 bits per heavy atom. The van der Waals surface area contributed by atoms with E-state index >= 15 is 0 Å². The molecule has 0 radical (unpaired) electrons. The number of nitrogens with one attached hydrogen (secondary N) is 1. The number of rotatable bonds is 9. The SMILES string of the molecule is CCNC(=NCCCC(C)C)N(C)Cc1csc(C(C)OC)n1.I. The molecule has 0 aromatic carbocycles. The standard InChI is InChI=1S/C17H32N4OS.HI/c1-7-18-17(19-10-8-9-13(2)3)21(5)11-15-12-23-16(20-15)14(4)22-6;/h12-14H,7-11H2,1-6H3,(H,18,19);1H. The summed E-state index contributed by atoms with van der Waals surface area (Å²) in [4.78, 5) is 11.5. The van der Waals surface area contributed by atoms with Crippen LogP contribution < -0.4 is 5.32 Å². The van der Waals surface area contributed by atoms with Crippen molar-refractivity contribution >= 4 is 41.3 Å². The van der Waals surface area contributed by atoms with Crippen molar-refractivity contribution < 1.29 is 4.74 Å². The first-order chi connectivity index (χ1) is 11.0. The zero-order valence-electron chi connectivity index (χ0n) is 15.8. The third kappa shape index (κ3) is 8.62. The van der Waals surface area contributed by atoms with Crippen LogP contribution in [0.25, 0.3) is 0 Å². The minimum atomic E-state index is 0. The van der Waals surface area contributed by atoms with Crippen LogP contribution in [0.15, 0.2) is 10.4 Å². The minimum Gasteiger partial charge on any atom is -0.375 e. The summed E-state index contributed by atoms with van der Waals surface area (Å²) in [6.45, 7) is 11.1. The van der Waals surface area contributed by atoms with E-state index in [2.05, 4.69) is 48.4 Å². The van der Waals surface area contributed by atoms with Gasteiger partial charge in [0.15, 0.2) is 5.96 Å². The smallest absolute Gasteiger partial charge is 0.194 e. The third-order valence-electron chi connectivity index (χ3n) is 3.57. The molecule has 1 rings (SSSR count). The Morgan fingerprint density at radius 1 is 1.42 bits per heavy atom. The first kappa shape index (κ1) is 23.6. The van der Waals surface area contributed by atoms with E-state index in [1.807, 2.05) is 6.92 Å². The molecule has 0 fully saturated rings. The molecule has 1 aromatic rings. The highest BCUT2D eigenvalue weighted by Gasteiger charge is 2.12. The van der Waals surface area contributed by atoms with Gasteiger partial charge in [-0.15, -0.1) is 35.3 Å². The van der Waals surface area contributed by atoms with Gasteiger partial charge in [0, 0.05) is 32.6 Å². The number of methoxy groups -OCH3 is 1. The fraction of sp³-hybridized carbons (Fsp3) is 0.765. The van der Waals surface area contributed by atoms with E-state index in [1.165, 1.54) is 6.42 Å². The quantitative estimate of drug-likeness (QED) is 0.254. The molecule has 0 saturated heterocycles. The predicted molar refractivity (Wildman–Crippen MR) is 114 cm³/mol. The van der Waals surface area contributed by atoms with Crippen molar-refractivity contribution in [2.75, 3.05) is 27.2 Å². The summed E-state index contributed by atoms with van der Waals surface area (Å²) in [5.41, 5.74) is 1.06. The van der Waals surface area contributed by atoms with Gasteiger partial charge < -0.3 is 15.0 Å². The number of nitrogens with zero attached hydrogens (tertiary/aromatic N) is 3. The normalized spacial score (nSPS) is 12.9. The van der Waals surface area contributed by atoms with Crippen LogP contribution in [0.3, 0.4) is 0 Å². The molecule has 0 aliphatic heterocycles. The van der Waals surface area contributed by atoms with Crippen LogP contribution >= 0.6 is 35.3 Å². The largest absolute Gasteiger partial charge is 0.375 e. The van der Waals surface area contributed by atoms with Gasteiger partial charge in [0.25, 0.3) is 0 Å². The molecule has 1 atom stereocenters. The number of aliphatic imine (C=N–C) groups is 1. The van der Waals surface area contributed by atoms with Gasteiger partial charge in [0.2, 0.25) is 0 Å². The monoisotopic (exact) mass is 468 g/mol. The second-order valence-corrected chi connectivity index (χ2v) is 7.07. The van der Waals surface area contributed by atoms with Crippen LogP contribution in [0, 0.1) is 5.92 Å². The molecule has 24 heavy (non-hydrogen) atoms. The number of hydrogen-bond acceptors (Lipinski definition) is 4. The average Bonchev–Trinajstić information content (AvgIpc) is 2.97. The highest BCUT2D eigenvalue weighted by molar-refractivity contribution is 14.0. The molecule has 0 saturated carbocycles. The molecule has 0 bridgehead atoms. The van der Waals surface area contributed by atoms with Crippen LogP contribution in [0.5, 0.6) is 0 Å². The van der Waals surface area contributed by atoms with Crippen LogP contribution in [0.4, 0.5) is 0 Å². The summed E-state index contributed by atoms with van der Waals surface area (Å²) in [7, 11) is 3.77. The molecule has 0 amide bonds. The predicted octanol–water partition coefficient (Wildman–Crippen LogP) is 4.30. The summed E-state index contributed by atoms with van der Waals surface area (Å²) >= 11 is 1.65. The first-order valence-electron chi connectivity index (χ1n) is 8.44. The van der Waals surface area contributed by atoms with E-state index in [0.29, 0.717) is 0 Å². The molecular formula is C17H33IN4OS. The fourth-order valence-electron chi connectivity index (χ4n) is 2.15. The maximum atomic E-state index is 5.32. The number of ether oxygens (including phenoxy) is 1. The van der Waals surface area contributed by atoms with Crippen LogP contribution in [-0.4, -0.2) is 43.1 Å². The highest BCUT2D eigenvalue weighted by Crippen LogP contribution is 2.20. The molecule has 1 heterocycles. The van der Waals surface area contributed by atoms with Crippen molar-refractivity contribution in [2.45, 2.75) is 53.2 Å². The number of guanidine groups is 1. The first-order valence-corrected chi connectivity index (χ1v) is 9.32. The van der Waals surface area contributed by atoms with Crippen molar-refractivity contribution in [1.29, 1.82) is 0 Å². The maximum Gasteiger partial charge on any atom is 0.194 e. The van der Waals surface area contributed by atoms with E-state index in [9.17, 15) is 0 Å². The van der Waals surface area contributed by atoms with Crippen molar-refractivity contribution in [3.63, 3.8) is 0 Å². The van der Waals surface area contributed by atoms with Crippen LogP contribution in [0.2, 0.25) is 0 Å². The van der Waals surface area contributed by atoms with Gasteiger partial charge in [-0.2, -0.15) is 0 Å². The number of halogens is 1. The zero-order valence-corrected chi connectivity index (χ0v) is 19.0. The summed E-state index contributed by atoms with van der Waals surface area (Å²) in [5, 5.41) is 6.48. The molecular weight excluding hydrogens is 435 g/mol. The summed E-state index contributed by atoms with van der Waals surface area (Å²) < 4.78 is 5.32. The second kappa shape index (κ2) is 12.9. The van der Waals surface area contributed by atoms with Gasteiger partial charge >= 0.3 is 0 Å². The molecule has 1 unspecified atom stereocenters. The lowest BCUT2D eigenvalue weighted by Gasteiger charge is -2.21. The lowest BCUT2D eigenvalue weighted by Crippen LogP contribution is -2.38. The molecule has 1 N–H and O–H groups in total. The molecule has 0 spiro atoms. The summed E-state index contributed by atoms with van der Waals surface area (Å²) in [6.07, 6.45) is 2.40. The van der Waals surface area contributed by atoms with Gasteiger partial charge in [-0.05, 0) is 32.6 Å². The zero-order chi connectivity index (χ0) is 17.2. The van der Waals surface area contributed by atoms with E-state index < -0.39 is 0 Å². The third-order valence-corrected chi connectivity index (χ3v) is 4.62. The Morgan fingerprint density at radius 3 is 2.71 bits per heavy atom. The minimum absolute atomic E-state index is 0. The molecule has 140 valence electrons. The Kier molecular flexibility index (Phi) is 12.7. The van der Waals surface area contributed by atoms with E-state index in [-0.39, 0.29) is 30.1 Å². The maximum absolute atomic E-state index is 5.32. The lowest BCUT2D eigenvalue weighted by molar-refractivity contribution is 0.119. The van der Waals surface area contributed by atoms with Crippen molar-refractivity contribution in [3.05, 3.63) is 16.1 Å². The van der Waals surface area contributed by atoms with Crippen molar-refractivity contribution in [1.82, 2.24) is 15.2 Å². The van der Waals surface area contributed by atoms with E-state index in [1.54, 1.807) is 18.4 Å². The second-order valence-electron chi connectivity index (χ2n) is 6.18. The fourth-order valence-corrected chi connectivity index (χ4v) is 3.00.